The molecular formula is C22H31N3O3S. The van der Waals surface area contributed by atoms with Gasteiger partial charge in [-0.05, 0) is 37.2 Å². The number of sulfonamides is 1. The number of hydrogen-bond acceptors (Lipinski definition) is 4. The van der Waals surface area contributed by atoms with E-state index in [1.165, 1.54) is 15.9 Å². The highest BCUT2D eigenvalue weighted by atomic mass is 32.2. The molecule has 158 valence electrons. The van der Waals surface area contributed by atoms with E-state index >= 15 is 0 Å². The lowest BCUT2D eigenvalue weighted by molar-refractivity contribution is -0.117. The largest absolute Gasteiger partial charge is 0.325 e. The fourth-order valence-corrected chi connectivity index (χ4v) is 4.70. The molecule has 0 bridgehead atoms. The number of amides is 1. The number of aryl methyl sites for hydroxylation is 1. The van der Waals surface area contributed by atoms with Crippen LogP contribution in [0.25, 0.3) is 0 Å². The van der Waals surface area contributed by atoms with E-state index in [1.807, 2.05) is 30.9 Å². The van der Waals surface area contributed by atoms with Gasteiger partial charge in [-0.15, -0.1) is 0 Å². The molecule has 0 spiro atoms. The second kappa shape index (κ2) is 10.5. The summed E-state index contributed by atoms with van der Waals surface area (Å²) in [7, 11) is -3.56. The van der Waals surface area contributed by atoms with Gasteiger partial charge in [0.15, 0.2) is 0 Å². The molecule has 0 aliphatic rings. The van der Waals surface area contributed by atoms with Crippen LogP contribution in [0.15, 0.2) is 53.4 Å². The quantitative estimate of drug-likeness (QED) is 0.642. The molecule has 2 rings (SSSR count). The van der Waals surface area contributed by atoms with Gasteiger partial charge >= 0.3 is 0 Å². The van der Waals surface area contributed by atoms with Crippen molar-refractivity contribution in [3.8, 4) is 0 Å². The van der Waals surface area contributed by atoms with Gasteiger partial charge in [-0.3, -0.25) is 9.69 Å². The molecule has 7 heteroatoms. The van der Waals surface area contributed by atoms with Gasteiger partial charge in [0.2, 0.25) is 15.9 Å². The van der Waals surface area contributed by atoms with E-state index in [1.54, 1.807) is 32.0 Å². The number of anilines is 1. The molecular weight excluding hydrogens is 386 g/mol. The van der Waals surface area contributed by atoms with Crippen molar-refractivity contribution in [2.45, 2.75) is 39.1 Å². The molecule has 0 aliphatic heterocycles. The topological polar surface area (TPSA) is 69.7 Å². The highest BCUT2D eigenvalue weighted by molar-refractivity contribution is 7.89. The number of nitrogens with zero attached hydrogens (tertiary/aromatic N) is 2. The summed E-state index contributed by atoms with van der Waals surface area (Å²) >= 11 is 0. The fourth-order valence-electron chi connectivity index (χ4n) is 3.20. The standard InChI is InChI=1S/C22H31N3O3S/c1-5-24(16-19-11-8-10-18(4)14-19)17-22(26)23-20-12-9-13-21(15-20)29(27,28)25(6-2)7-3/h8-15H,5-7,16-17H2,1-4H3,(H,23,26). The van der Waals surface area contributed by atoms with Crippen molar-refractivity contribution in [1.82, 2.24) is 9.21 Å². The Kier molecular flexibility index (Phi) is 8.37. The van der Waals surface area contributed by atoms with Gasteiger partial charge in [0.05, 0.1) is 11.4 Å². The number of nitrogens with one attached hydrogen (secondary N) is 1. The van der Waals surface area contributed by atoms with Crippen molar-refractivity contribution >= 4 is 21.6 Å². The highest BCUT2D eigenvalue weighted by Gasteiger charge is 2.22. The molecule has 0 fully saturated rings. The van der Waals surface area contributed by atoms with E-state index in [0.717, 1.165) is 12.1 Å². The zero-order valence-electron chi connectivity index (χ0n) is 17.7. The molecule has 0 unspecified atom stereocenters. The van der Waals surface area contributed by atoms with Gasteiger partial charge in [0.25, 0.3) is 0 Å². The minimum absolute atomic E-state index is 0.170. The zero-order chi connectivity index (χ0) is 21.4. The van der Waals surface area contributed by atoms with Gasteiger partial charge in [0, 0.05) is 25.3 Å². The monoisotopic (exact) mass is 417 g/mol. The van der Waals surface area contributed by atoms with Crippen molar-refractivity contribution in [1.29, 1.82) is 0 Å². The van der Waals surface area contributed by atoms with Crippen LogP contribution >= 0.6 is 0 Å². The van der Waals surface area contributed by atoms with Gasteiger partial charge in [0.1, 0.15) is 0 Å². The zero-order valence-corrected chi connectivity index (χ0v) is 18.5. The summed E-state index contributed by atoms with van der Waals surface area (Å²) < 4.78 is 26.8. The maximum absolute atomic E-state index is 12.7. The number of benzene rings is 2. The average Bonchev–Trinajstić information content (AvgIpc) is 2.68. The third-order valence-corrected chi connectivity index (χ3v) is 6.81. The minimum Gasteiger partial charge on any atom is -0.325 e. The summed E-state index contributed by atoms with van der Waals surface area (Å²) in [5, 5.41) is 2.83. The van der Waals surface area contributed by atoms with Crippen molar-refractivity contribution in [2.75, 3.05) is 31.5 Å². The lowest BCUT2D eigenvalue weighted by Crippen LogP contribution is -2.33. The van der Waals surface area contributed by atoms with Crippen LogP contribution in [-0.2, 0) is 21.4 Å². The third-order valence-electron chi connectivity index (χ3n) is 4.76. The Balaban J connectivity index is 2.06. The molecule has 0 aromatic heterocycles. The smallest absolute Gasteiger partial charge is 0.243 e. The van der Waals surface area contributed by atoms with Gasteiger partial charge in [-0.2, -0.15) is 4.31 Å². The van der Waals surface area contributed by atoms with Crippen LogP contribution in [0.5, 0.6) is 0 Å². The Bertz CT molecular complexity index is 924. The molecule has 1 amide bonds. The van der Waals surface area contributed by atoms with Crippen molar-refractivity contribution < 1.29 is 13.2 Å². The van der Waals surface area contributed by atoms with Gasteiger partial charge < -0.3 is 5.32 Å². The van der Waals surface area contributed by atoms with Gasteiger partial charge in [-0.1, -0.05) is 56.7 Å². The number of likely N-dealkylation sites (N-methyl/N-ethyl adjacent to an activating group) is 1. The fraction of sp³-hybridized carbons (Fsp3) is 0.409. The second-order valence-electron chi connectivity index (χ2n) is 6.96. The average molecular weight is 418 g/mol. The first-order chi connectivity index (χ1) is 13.8. The van der Waals surface area contributed by atoms with E-state index in [4.69, 9.17) is 0 Å². The number of hydrogen-bond donors (Lipinski definition) is 1. The van der Waals surface area contributed by atoms with Gasteiger partial charge in [-0.25, -0.2) is 8.42 Å². The van der Waals surface area contributed by atoms with Crippen LogP contribution in [0, 0.1) is 6.92 Å². The molecule has 2 aromatic rings. The first-order valence-corrected chi connectivity index (χ1v) is 11.4. The molecule has 2 aromatic carbocycles. The Labute approximate surface area is 174 Å². The molecule has 0 heterocycles. The Morgan fingerprint density at radius 1 is 0.966 bits per heavy atom. The highest BCUT2D eigenvalue weighted by Crippen LogP contribution is 2.19. The molecule has 0 radical (unpaired) electrons. The molecule has 6 nitrogen and oxygen atoms in total. The molecule has 1 N–H and O–H groups in total. The summed E-state index contributed by atoms with van der Waals surface area (Å²) in [4.78, 5) is 14.8. The number of carbonyl (C=O) groups excluding carboxylic acids is 1. The van der Waals surface area contributed by atoms with Crippen LogP contribution in [-0.4, -0.2) is 49.7 Å². The van der Waals surface area contributed by atoms with E-state index in [-0.39, 0.29) is 17.3 Å². The Hall–Kier alpha value is -2.22. The van der Waals surface area contributed by atoms with E-state index in [0.29, 0.717) is 25.3 Å². The maximum atomic E-state index is 12.7. The lowest BCUT2D eigenvalue weighted by atomic mass is 10.1. The minimum atomic E-state index is -3.56. The second-order valence-corrected chi connectivity index (χ2v) is 8.90. The SMILES string of the molecule is CCN(CC(=O)Nc1cccc(S(=O)(=O)N(CC)CC)c1)Cc1cccc(C)c1. The molecule has 0 atom stereocenters. The predicted molar refractivity (Wildman–Crippen MR) is 117 cm³/mol. The molecule has 0 aliphatic carbocycles. The summed E-state index contributed by atoms with van der Waals surface area (Å²) in [6, 6.07) is 14.7. The van der Waals surface area contributed by atoms with Crippen LogP contribution < -0.4 is 5.32 Å². The van der Waals surface area contributed by atoms with Crippen molar-refractivity contribution in [3.63, 3.8) is 0 Å². The lowest BCUT2D eigenvalue weighted by Gasteiger charge is -2.21. The van der Waals surface area contributed by atoms with E-state index in [9.17, 15) is 13.2 Å². The molecule has 0 saturated heterocycles. The molecule has 0 saturated carbocycles. The third kappa shape index (κ3) is 6.39. The van der Waals surface area contributed by atoms with Crippen LogP contribution in [0.4, 0.5) is 5.69 Å². The van der Waals surface area contributed by atoms with Crippen LogP contribution in [0.1, 0.15) is 31.9 Å². The van der Waals surface area contributed by atoms with Crippen LogP contribution in [0.2, 0.25) is 0 Å². The van der Waals surface area contributed by atoms with E-state index < -0.39 is 10.0 Å². The predicted octanol–water partition coefficient (Wildman–Crippen LogP) is 3.49. The Morgan fingerprint density at radius 3 is 2.28 bits per heavy atom. The van der Waals surface area contributed by atoms with Crippen molar-refractivity contribution in [2.24, 2.45) is 0 Å². The molecule has 29 heavy (non-hydrogen) atoms. The number of carbonyl (C=O) groups is 1. The van der Waals surface area contributed by atoms with Crippen LogP contribution in [0.3, 0.4) is 0 Å². The summed E-state index contributed by atoms with van der Waals surface area (Å²) in [5.74, 6) is -0.170. The summed E-state index contributed by atoms with van der Waals surface area (Å²) in [5.41, 5.74) is 2.83. The maximum Gasteiger partial charge on any atom is 0.243 e. The van der Waals surface area contributed by atoms with E-state index in [2.05, 4.69) is 17.4 Å². The Morgan fingerprint density at radius 2 is 1.66 bits per heavy atom. The number of rotatable bonds is 10. The van der Waals surface area contributed by atoms with Crippen molar-refractivity contribution in [3.05, 3.63) is 59.7 Å². The first kappa shape index (κ1) is 23.1. The summed E-state index contributed by atoms with van der Waals surface area (Å²) in [6.07, 6.45) is 0. The first-order valence-electron chi connectivity index (χ1n) is 9.98. The summed E-state index contributed by atoms with van der Waals surface area (Å²) in [6.45, 7) is 10.1. The normalized spacial score (nSPS) is 11.8.